The Balaban J connectivity index is 1.38. The molecule has 1 aromatic heterocycles. The van der Waals surface area contributed by atoms with E-state index in [0.29, 0.717) is 18.2 Å². The topological polar surface area (TPSA) is 52.1 Å². The van der Waals surface area contributed by atoms with Gasteiger partial charge in [0, 0.05) is 42.8 Å². The maximum absolute atomic E-state index is 13.8. The number of aromatic nitrogens is 2. The van der Waals surface area contributed by atoms with E-state index in [0.717, 1.165) is 22.3 Å². The number of rotatable bonds is 10. The summed E-state index contributed by atoms with van der Waals surface area (Å²) in [6.45, 7) is 1.84. The van der Waals surface area contributed by atoms with E-state index in [-0.39, 0.29) is 30.6 Å². The quantitative estimate of drug-likeness (QED) is 0.262. The summed E-state index contributed by atoms with van der Waals surface area (Å²) in [5.41, 5.74) is 4.07. The number of benzene rings is 3. The molecule has 35 heavy (non-hydrogen) atoms. The van der Waals surface area contributed by atoms with Crippen molar-refractivity contribution in [2.24, 2.45) is 0 Å². The van der Waals surface area contributed by atoms with Gasteiger partial charge in [0.1, 0.15) is 18.1 Å². The molecule has 4 aromatic rings. The van der Waals surface area contributed by atoms with Crippen LogP contribution in [-0.4, -0.2) is 15.8 Å². The number of halogens is 2. The van der Waals surface area contributed by atoms with Gasteiger partial charge < -0.3 is 4.74 Å². The highest BCUT2D eigenvalue weighted by Crippen LogP contribution is 2.31. The second-order valence-corrected chi connectivity index (χ2v) is 8.33. The fourth-order valence-electron chi connectivity index (χ4n) is 3.72. The molecule has 4 rings (SSSR count). The molecule has 0 fully saturated rings. The van der Waals surface area contributed by atoms with Gasteiger partial charge in [0.25, 0.3) is 5.92 Å². The molecule has 178 valence electrons. The minimum absolute atomic E-state index is 0.0131. The lowest BCUT2D eigenvalue weighted by Crippen LogP contribution is -2.12. The first-order chi connectivity index (χ1) is 16.9. The molecular formula is C29H26F2N2O2. The van der Waals surface area contributed by atoms with Crippen LogP contribution in [0.3, 0.4) is 0 Å². The van der Waals surface area contributed by atoms with Crippen LogP contribution >= 0.6 is 0 Å². The maximum Gasteiger partial charge on any atom is 0.273 e. The summed E-state index contributed by atoms with van der Waals surface area (Å²) in [7, 11) is 0. The highest BCUT2D eigenvalue weighted by atomic mass is 19.3. The molecule has 0 saturated carbocycles. The number of Topliss-reactive ketones (excluding diaryl/α,β-unsaturated/α-hetero) is 1. The Bertz CT molecular complexity index is 1260. The fraction of sp³-hybridized carbons (Fsp3) is 0.207. The Morgan fingerprint density at radius 3 is 2.03 bits per heavy atom. The number of carbonyl (C=O) groups is 1. The molecule has 0 aliphatic rings. The van der Waals surface area contributed by atoms with Gasteiger partial charge in [0.05, 0.1) is 0 Å². The molecule has 0 aliphatic carbocycles. The fourth-order valence-corrected chi connectivity index (χ4v) is 3.72. The standard InChI is InChI=1S/C29H26F2N2O2/c1-2-29(30,31)25-14-10-22(11-15-25)19-26(34)18-21-8-12-24(13-9-21)27-28(33-17-16-32-27)35-20-23-6-4-3-5-7-23/h3-17H,2,18-20H2,1H3. The molecule has 0 aliphatic heterocycles. The molecule has 0 radical (unpaired) electrons. The van der Waals surface area contributed by atoms with E-state index < -0.39 is 5.92 Å². The molecular weight excluding hydrogens is 446 g/mol. The van der Waals surface area contributed by atoms with Gasteiger partial charge in [-0.25, -0.2) is 18.7 Å². The zero-order valence-corrected chi connectivity index (χ0v) is 19.5. The average Bonchev–Trinajstić information content (AvgIpc) is 2.89. The van der Waals surface area contributed by atoms with E-state index in [1.54, 1.807) is 24.5 Å². The summed E-state index contributed by atoms with van der Waals surface area (Å²) < 4.78 is 33.5. The van der Waals surface area contributed by atoms with Crippen molar-refractivity contribution in [2.45, 2.75) is 38.7 Å². The lowest BCUT2D eigenvalue weighted by Gasteiger charge is -2.14. The van der Waals surface area contributed by atoms with Gasteiger partial charge in [-0.1, -0.05) is 85.8 Å². The Hall–Kier alpha value is -3.93. The van der Waals surface area contributed by atoms with Gasteiger partial charge in [0.15, 0.2) is 0 Å². The van der Waals surface area contributed by atoms with E-state index in [1.807, 2.05) is 54.6 Å². The van der Waals surface area contributed by atoms with Crippen molar-refractivity contribution in [1.29, 1.82) is 0 Å². The molecule has 4 nitrogen and oxygen atoms in total. The first kappa shape index (κ1) is 24.2. The summed E-state index contributed by atoms with van der Waals surface area (Å²) in [5.74, 6) is -2.39. The van der Waals surface area contributed by atoms with Crippen LogP contribution in [0, 0.1) is 0 Å². The van der Waals surface area contributed by atoms with Gasteiger partial charge in [-0.15, -0.1) is 0 Å². The van der Waals surface area contributed by atoms with Gasteiger partial charge in [-0.3, -0.25) is 4.79 Å². The molecule has 0 amide bonds. The smallest absolute Gasteiger partial charge is 0.273 e. The Morgan fingerprint density at radius 1 is 0.800 bits per heavy atom. The Labute approximate surface area is 203 Å². The normalized spacial score (nSPS) is 11.3. The molecule has 0 N–H and O–H groups in total. The highest BCUT2D eigenvalue weighted by Gasteiger charge is 2.28. The summed E-state index contributed by atoms with van der Waals surface area (Å²) >= 11 is 0. The zero-order valence-electron chi connectivity index (χ0n) is 19.5. The van der Waals surface area contributed by atoms with Crippen LogP contribution in [0.4, 0.5) is 8.78 Å². The number of hydrogen-bond donors (Lipinski definition) is 0. The van der Waals surface area contributed by atoms with Crippen molar-refractivity contribution in [1.82, 2.24) is 9.97 Å². The number of ether oxygens (including phenoxy) is 1. The van der Waals surface area contributed by atoms with E-state index in [1.165, 1.54) is 19.1 Å². The first-order valence-corrected chi connectivity index (χ1v) is 11.5. The third-order valence-corrected chi connectivity index (χ3v) is 5.73. The van der Waals surface area contributed by atoms with Gasteiger partial charge in [-0.05, 0) is 16.7 Å². The van der Waals surface area contributed by atoms with Crippen molar-refractivity contribution in [3.05, 3.63) is 114 Å². The molecule has 1 heterocycles. The second-order valence-electron chi connectivity index (χ2n) is 8.33. The van der Waals surface area contributed by atoms with Gasteiger partial charge >= 0.3 is 0 Å². The van der Waals surface area contributed by atoms with Crippen LogP contribution in [0.15, 0.2) is 91.3 Å². The molecule has 0 atom stereocenters. The SMILES string of the molecule is CCC(F)(F)c1ccc(CC(=O)Cc2ccc(-c3nccnc3OCc3ccccc3)cc2)cc1. The minimum atomic E-state index is -2.85. The molecule has 0 spiro atoms. The number of alkyl halides is 2. The minimum Gasteiger partial charge on any atom is -0.471 e. The maximum atomic E-state index is 13.8. The third-order valence-electron chi connectivity index (χ3n) is 5.73. The predicted molar refractivity (Wildman–Crippen MR) is 131 cm³/mol. The van der Waals surface area contributed by atoms with E-state index >= 15 is 0 Å². The van der Waals surface area contributed by atoms with Crippen molar-refractivity contribution in [3.63, 3.8) is 0 Å². The number of carbonyl (C=O) groups excluding carboxylic acids is 1. The zero-order chi connectivity index (χ0) is 24.7. The first-order valence-electron chi connectivity index (χ1n) is 11.5. The number of ketones is 1. The summed E-state index contributed by atoms with van der Waals surface area (Å²) in [6, 6.07) is 23.4. The van der Waals surface area contributed by atoms with E-state index in [4.69, 9.17) is 4.74 Å². The van der Waals surface area contributed by atoms with Crippen LogP contribution in [0.2, 0.25) is 0 Å². The number of hydrogen-bond acceptors (Lipinski definition) is 4. The van der Waals surface area contributed by atoms with E-state index in [2.05, 4.69) is 9.97 Å². The highest BCUT2D eigenvalue weighted by molar-refractivity contribution is 5.83. The van der Waals surface area contributed by atoms with Crippen molar-refractivity contribution < 1.29 is 18.3 Å². The van der Waals surface area contributed by atoms with Crippen molar-refractivity contribution in [2.75, 3.05) is 0 Å². The summed E-state index contributed by atoms with van der Waals surface area (Å²) in [4.78, 5) is 21.3. The third kappa shape index (κ3) is 6.35. The van der Waals surface area contributed by atoms with Crippen LogP contribution < -0.4 is 4.74 Å². The lowest BCUT2D eigenvalue weighted by atomic mass is 9.99. The average molecular weight is 473 g/mol. The second kappa shape index (κ2) is 11.0. The van der Waals surface area contributed by atoms with Gasteiger partial charge in [-0.2, -0.15) is 0 Å². The van der Waals surface area contributed by atoms with Crippen molar-refractivity contribution >= 4 is 5.78 Å². The van der Waals surface area contributed by atoms with Crippen LogP contribution in [0.1, 0.15) is 35.6 Å². The lowest BCUT2D eigenvalue weighted by molar-refractivity contribution is -0.117. The summed E-state index contributed by atoms with van der Waals surface area (Å²) in [5, 5.41) is 0. The molecule has 0 bridgehead atoms. The largest absolute Gasteiger partial charge is 0.471 e. The van der Waals surface area contributed by atoms with E-state index in [9.17, 15) is 13.6 Å². The molecule has 6 heteroatoms. The molecule has 0 saturated heterocycles. The summed E-state index contributed by atoms with van der Waals surface area (Å²) in [6.07, 6.45) is 3.40. The van der Waals surface area contributed by atoms with Crippen LogP contribution in [0.5, 0.6) is 5.88 Å². The molecule has 3 aromatic carbocycles. The Morgan fingerprint density at radius 2 is 1.40 bits per heavy atom. The molecule has 0 unspecified atom stereocenters. The van der Waals surface area contributed by atoms with Crippen molar-refractivity contribution in [3.8, 4) is 17.1 Å². The Kier molecular flexibility index (Phi) is 7.60. The monoisotopic (exact) mass is 472 g/mol. The van der Waals surface area contributed by atoms with Gasteiger partial charge in [0.2, 0.25) is 5.88 Å². The predicted octanol–water partition coefficient (Wildman–Crippen LogP) is 6.58. The number of nitrogens with zero attached hydrogens (tertiary/aromatic N) is 2. The van der Waals surface area contributed by atoms with Crippen LogP contribution in [-0.2, 0) is 30.2 Å². The van der Waals surface area contributed by atoms with Crippen LogP contribution in [0.25, 0.3) is 11.3 Å².